The Kier molecular flexibility index (Phi) is 5.63. The molecule has 1 unspecified atom stereocenters. The normalized spacial score (nSPS) is 12.2. The van der Waals surface area contributed by atoms with Crippen LogP contribution >= 0.6 is 0 Å². The summed E-state index contributed by atoms with van der Waals surface area (Å²) in [5, 5.41) is 16.5. The average molecular weight is 283 g/mol. The molecule has 8 heteroatoms. The van der Waals surface area contributed by atoms with Gasteiger partial charge in [0.15, 0.2) is 5.69 Å². The fraction of sp³-hybridized carbons (Fsp3) is 0.667. The summed E-state index contributed by atoms with van der Waals surface area (Å²) in [5.74, 6) is -1.28. The number of rotatable bonds is 7. The van der Waals surface area contributed by atoms with Crippen LogP contribution in [0.1, 0.15) is 43.0 Å². The molecule has 0 aromatic carbocycles. The lowest BCUT2D eigenvalue weighted by molar-refractivity contribution is -0.134. The van der Waals surface area contributed by atoms with Gasteiger partial charge in [0.05, 0.1) is 5.69 Å². The lowest BCUT2D eigenvalue weighted by Gasteiger charge is -2.23. The molecule has 1 aromatic heterocycles. The van der Waals surface area contributed by atoms with Gasteiger partial charge >= 0.3 is 5.97 Å². The molecular formula is C12H21N5O3. The number of carbonyl (C=O) groups is 2. The fourth-order valence-electron chi connectivity index (χ4n) is 2.06. The molecule has 3 N–H and O–H groups in total. The molecule has 0 fully saturated rings. The van der Waals surface area contributed by atoms with Crippen molar-refractivity contribution in [2.75, 3.05) is 19.6 Å². The van der Waals surface area contributed by atoms with Crippen molar-refractivity contribution in [3.05, 3.63) is 11.4 Å². The van der Waals surface area contributed by atoms with Gasteiger partial charge in [-0.1, -0.05) is 5.21 Å². The van der Waals surface area contributed by atoms with Gasteiger partial charge in [0.25, 0.3) is 0 Å². The minimum atomic E-state index is -1.16. The summed E-state index contributed by atoms with van der Waals surface area (Å²) in [6.45, 7) is 6.90. The predicted molar refractivity (Wildman–Crippen MR) is 72.4 cm³/mol. The van der Waals surface area contributed by atoms with E-state index in [1.165, 1.54) is 4.68 Å². The Morgan fingerprint density at radius 1 is 1.40 bits per heavy atom. The van der Waals surface area contributed by atoms with Gasteiger partial charge in [0.2, 0.25) is 5.91 Å². The van der Waals surface area contributed by atoms with Crippen molar-refractivity contribution < 1.29 is 14.7 Å². The molecule has 0 radical (unpaired) electrons. The van der Waals surface area contributed by atoms with E-state index in [1.807, 2.05) is 13.8 Å². The number of nitrogens with zero attached hydrogens (tertiary/aromatic N) is 4. The second-order valence-electron chi connectivity index (χ2n) is 4.36. The SMILES string of the molecule is CCN(CC)C(=O)C(C)n1nnc(C(=O)O)c1CCN. The van der Waals surface area contributed by atoms with Crippen LogP contribution in [0.4, 0.5) is 0 Å². The molecule has 8 nitrogen and oxygen atoms in total. The highest BCUT2D eigenvalue weighted by Gasteiger charge is 2.26. The van der Waals surface area contributed by atoms with Crippen molar-refractivity contribution in [2.24, 2.45) is 5.73 Å². The van der Waals surface area contributed by atoms with E-state index >= 15 is 0 Å². The zero-order chi connectivity index (χ0) is 15.3. The molecular weight excluding hydrogens is 262 g/mol. The van der Waals surface area contributed by atoms with Gasteiger partial charge in [0, 0.05) is 19.5 Å². The standard InChI is InChI=1S/C12H21N5O3/c1-4-16(5-2)11(18)8(3)17-9(6-7-13)10(12(19)20)14-15-17/h8H,4-7,13H2,1-3H3,(H,19,20). The summed E-state index contributed by atoms with van der Waals surface area (Å²) in [6.07, 6.45) is 0.310. The summed E-state index contributed by atoms with van der Waals surface area (Å²) < 4.78 is 1.36. The van der Waals surface area contributed by atoms with Crippen LogP contribution < -0.4 is 5.73 Å². The summed E-state index contributed by atoms with van der Waals surface area (Å²) in [7, 11) is 0. The van der Waals surface area contributed by atoms with E-state index in [0.717, 1.165) is 0 Å². The Morgan fingerprint density at radius 3 is 2.45 bits per heavy atom. The van der Waals surface area contributed by atoms with Crippen molar-refractivity contribution in [1.82, 2.24) is 19.9 Å². The van der Waals surface area contributed by atoms with Crippen LogP contribution in [-0.2, 0) is 11.2 Å². The second-order valence-corrected chi connectivity index (χ2v) is 4.36. The van der Waals surface area contributed by atoms with E-state index < -0.39 is 12.0 Å². The molecule has 0 bridgehead atoms. The van der Waals surface area contributed by atoms with Crippen molar-refractivity contribution in [3.8, 4) is 0 Å². The number of aromatic nitrogens is 3. The first-order chi connectivity index (χ1) is 9.47. The second kappa shape index (κ2) is 6.99. The number of hydrogen-bond acceptors (Lipinski definition) is 5. The van der Waals surface area contributed by atoms with E-state index in [-0.39, 0.29) is 18.1 Å². The monoisotopic (exact) mass is 283 g/mol. The molecule has 112 valence electrons. The first kappa shape index (κ1) is 16.1. The van der Waals surface area contributed by atoms with Crippen molar-refractivity contribution in [1.29, 1.82) is 0 Å². The van der Waals surface area contributed by atoms with Crippen LogP contribution in [0, 0.1) is 0 Å². The Labute approximate surface area is 117 Å². The predicted octanol–water partition coefficient (Wildman–Crippen LogP) is -0.0931. The maximum atomic E-state index is 12.3. The molecule has 0 spiro atoms. The lowest BCUT2D eigenvalue weighted by atomic mass is 10.2. The van der Waals surface area contributed by atoms with Crippen LogP contribution in [0.2, 0.25) is 0 Å². The Bertz CT molecular complexity index is 481. The summed E-state index contributed by atoms with van der Waals surface area (Å²) in [4.78, 5) is 25.1. The van der Waals surface area contributed by atoms with Gasteiger partial charge in [-0.3, -0.25) is 4.79 Å². The van der Waals surface area contributed by atoms with Crippen LogP contribution in [0.3, 0.4) is 0 Å². The van der Waals surface area contributed by atoms with Gasteiger partial charge in [-0.2, -0.15) is 0 Å². The molecule has 0 saturated heterocycles. The Morgan fingerprint density at radius 2 is 2.00 bits per heavy atom. The van der Waals surface area contributed by atoms with Crippen LogP contribution in [0.25, 0.3) is 0 Å². The van der Waals surface area contributed by atoms with Gasteiger partial charge in [-0.05, 0) is 27.3 Å². The molecule has 1 aromatic rings. The number of hydrogen-bond donors (Lipinski definition) is 2. The molecule has 1 rings (SSSR count). The van der Waals surface area contributed by atoms with Crippen LogP contribution in [-0.4, -0.2) is 56.5 Å². The van der Waals surface area contributed by atoms with Crippen molar-refractivity contribution >= 4 is 11.9 Å². The highest BCUT2D eigenvalue weighted by molar-refractivity contribution is 5.87. The van der Waals surface area contributed by atoms with Crippen LogP contribution in [0.15, 0.2) is 0 Å². The highest BCUT2D eigenvalue weighted by atomic mass is 16.4. The topological polar surface area (TPSA) is 114 Å². The number of amides is 1. The third kappa shape index (κ3) is 3.13. The molecule has 1 heterocycles. The largest absolute Gasteiger partial charge is 0.476 e. The molecule has 0 aliphatic carbocycles. The quantitative estimate of drug-likeness (QED) is 0.722. The van der Waals surface area contributed by atoms with Gasteiger partial charge in [-0.25, -0.2) is 9.48 Å². The van der Waals surface area contributed by atoms with E-state index in [2.05, 4.69) is 10.3 Å². The summed E-state index contributed by atoms with van der Waals surface area (Å²) >= 11 is 0. The van der Waals surface area contributed by atoms with Crippen molar-refractivity contribution in [3.63, 3.8) is 0 Å². The smallest absolute Gasteiger partial charge is 0.358 e. The molecule has 20 heavy (non-hydrogen) atoms. The minimum Gasteiger partial charge on any atom is -0.476 e. The number of likely N-dealkylation sites (N-methyl/N-ethyl adjacent to an activating group) is 1. The van der Waals surface area contributed by atoms with E-state index in [4.69, 9.17) is 10.8 Å². The minimum absolute atomic E-state index is 0.116. The van der Waals surface area contributed by atoms with Gasteiger partial charge in [-0.15, -0.1) is 5.10 Å². The lowest BCUT2D eigenvalue weighted by Crippen LogP contribution is -2.37. The van der Waals surface area contributed by atoms with E-state index in [9.17, 15) is 9.59 Å². The van der Waals surface area contributed by atoms with E-state index in [0.29, 0.717) is 25.2 Å². The summed E-state index contributed by atoms with van der Waals surface area (Å²) in [6, 6.07) is -0.600. The first-order valence-corrected chi connectivity index (χ1v) is 6.64. The number of nitrogens with two attached hydrogens (primary N) is 1. The fourth-order valence-corrected chi connectivity index (χ4v) is 2.06. The average Bonchev–Trinajstić information content (AvgIpc) is 2.83. The molecule has 0 aliphatic rings. The molecule has 0 aliphatic heterocycles. The maximum Gasteiger partial charge on any atom is 0.358 e. The van der Waals surface area contributed by atoms with Gasteiger partial charge < -0.3 is 15.7 Å². The molecule has 1 amide bonds. The van der Waals surface area contributed by atoms with Gasteiger partial charge in [0.1, 0.15) is 6.04 Å². The summed E-state index contributed by atoms with van der Waals surface area (Å²) in [5.41, 5.74) is 5.73. The zero-order valence-electron chi connectivity index (χ0n) is 12.0. The van der Waals surface area contributed by atoms with Crippen LogP contribution in [0.5, 0.6) is 0 Å². The Balaban J connectivity index is 3.12. The number of carboxylic acid groups (broad SMARTS) is 1. The molecule has 0 saturated carbocycles. The number of carbonyl (C=O) groups excluding carboxylic acids is 1. The number of carboxylic acids is 1. The Hall–Kier alpha value is -1.96. The van der Waals surface area contributed by atoms with E-state index in [1.54, 1.807) is 11.8 Å². The zero-order valence-corrected chi connectivity index (χ0v) is 12.0. The first-order valence-electron chi connectivity index (χ1n) is 6.64. The third-order valence-electron chi connectivity index (χ3n) is 3.17. The van der Waals surface area contributed by atoms with Crippen molar-refractivity contribution in [2.45, 2.75) is 33.2 Å². The molecule has 1 atom stereocenters. The third-order valence-corrected chi connectivity index (χ3v) is 3.17. The maximum absolute atomic E-state index is 12.3. The number of aromatic carboxylic acids is 1. The highest BCUT2D eigenvalue weighted by Crippen LogP contribution is 2.15.